The Kier molecular flexibility index (Phi) is 7.93. The van der Waals surface area contributed by atoms with Crippen molar-refractivity contribution in [1.82, 2.24) is 5.32 Å². The second-order valence-electron chi connectivity index (χ2n) is 8.05. The molecule has 1 heterocycles. The van der Waals surface area contributed by atoms with Gasteiger partial charge in [-0.15, -0.1) is 0 Å². The third-order valence-electron chi connectivity index (χ3n) is 5.63. The Morgan fingerprint density at radius 2 is 1.41 bits per heavy atom. The van der Waals surface area contributed by atoms with Crippen LogP contribution in [0.1, 0.15) is 6.92 Å². The largest absolute Gasteiger partial charge is 0.463 e. The van der Waals surface area contributed by atoms with Crippen molar-refractivity contribution in [3.8, 4) is 5.75 Å². The summed E-state index contributed by atoms with van der Waals surface area (Å²) in [6.45, 7) is 0.806. The Bertz CT molecular complexity index is 1030. The molecule has 1 fully saturated rings. The summed E-state index contributed by atoms with van der Waals surface area (Å²) in [4.78, 5) is 11.6. The highest BCUT2D eigenvalue weighted by molar-refractivity contribution is 7.79. The van der Waals surface area contributed by atoms with Gasteiger partial charge in [-0.05, 0) is 36.0 Å². The number of ether oxygens (including phenoxy) is 2. The van der Waals surface area contributed by atoms with Gasteiger partial charge < -0.3 is 30.1 Å². The highest BCUT2D eigenvalue weighted by Crippen LogP contribution is 2.33. The monoisotopic (exact) mass is 481 g/mol. The summed E-state index contributed by atoms with van der Waals surface area (Å²) < 4.78 is 11.6. The Labute approximate surface area is 199 Å². The molecule has 0 unspecified atom stereocenters. The zero-order valence-corrected chi connectivity index (χ0v) is 19.6. The van der Waals surface area contributed by atoms with Crippen LogP contribution in [0.5, 0.6) is 5.75 Å². The zero-order valence-electron chi connectivity index (χ0n) is 18.7. The van der Waals surface area contributed by atoms with Crippen molar-refractivity contribution in [1.29, 1.82) is 0 Å². The van der Waals surface area contributed by atoms with Gasteiger partial charge in [-0.25, -0.2) is 0 Å². The highest BCUT2D eigenvalue weighted by atomic mass is 31.1. The first-order valence-corrected chi connectivity index (χ1v) is 12.4. The van der Waals surface area contributed by atoms with Crippen LogP contribution in [0.4, 0.5) is 0 Å². The first kappa shape index (κ1) is 24.3. The van der Waals surface area contributed by atoms with E-state index in [9.17, 15) is 20.1 Å². The molecule has 5 atom stereocenters. The lowest BCUT2D eigenvalue weighted by molar-refractivity contribution is -0.244. The van der Waals surface area contributed by atoms with Crippen molar-refractivity contribution in [2.24, 2.45) is 0 Å². The fraction of sp³-hybridized carbons (Fsp3) is 0.269. The lowest BCUT2D eigenvalue weighted by atomic mass is 9.97. The molecule has 8 heteroatoms. The molecule has 1 aliphatic rings. The molecule has 0 spiro atoms. The van der Waals surface area contributed by atoms with E-state index < -0.39 is 51.1 Å². The summed E-state index contributed by atoms with van der Waals surface area (Å²) in [7, 11) is -0.771. The summed E-state index contributed by atoms with van der Waals surface area (Å²) in [5, 5.41) is 36.3. The van der Waals surface area contributed by atoms with Crippen molar-refractivity contribution < 1.29 is 29.6 Å². The minimum atomic E-state index is -1.36. The van der Waals surface area contributed by atoms with Crippen LogP contribution in [-0.4, -0.2) is 58.5 Å². The molecule has 4 N–H and O–H groups in total. The van der Waals surface area contributed by atoms with Gasteiger partial charge in [0.15, 0.2) is 0 Å². The predicted octanol–water partition coefficient (Wildman–Crippen LogP) is 0.767. The van der Waals surface area contributed by atoms with E-state index >= 15 is 0 Å². The molecule has 0 bridgehead atoms. The summed E-state index contributed by atoms with van der Waals surface area (Å²) in [6.07, 6.45) is -4.84. The molecule has 7 nitrogen and oxygen atoms in total. The Hall–Kier alpha value is -2.80. The number of hydrogen-bond acceptors (Lipinski definition) is 6. The van der Waals surface area contributed by atoms with E-state index in [4.69, 9.17) is 9.47 Å². The SMILES string of the molecule is CC(=O)N[C@H]1[C@H](Oc2ccc(P(c3ccccc3)c3ccccc3)cc2)O[C@H](CO)[C@@H](O)[C@@H]1O. The maximum Gasteiger partial charge on any atom is 0.223 e. The molecule has 4 rings (SSSR count). The zero-order chi connectivity index (χ0) is 24.1. The van der Waals surface area contributed by atoms with E-state index in [1.165, 1.54) is 17.5 Å². The molecular weight excluding hydrogens is 453 g/mol. The highest BCUT2D eigenvalue weighted by Gasteiger charge is 2.46. The standard InChI is InChI=1S/C26H28NO6P/c1-17(29)27-23-25(31)24(30)22(16-28)33-26(23)32-18-12-14-21(15-13-18)34(19-8-4-2-5-9-19)20-10-6-3-7-11-20/h2-15,22-26,28,30-31H,16H2,1H3,(H,27,29)/t22-,23-,24-,25-,26-/m1/s1. The number of rotatable bonds is 7. The van der Waals surface area contributed by atoms with Gasteiger partial charge >= 0.3 is 0 Å². The Morgan fingerprint density at radius 1 is 0.882 bits per heavy atom. The molecule has 3 aromatic carbocycles. The quantitative estimate of drug-likeness (QED) is 0.372. The number of carbonyl (C=O) groups excluding carboxylic acids is 1. The van der Waals surface area contributed by atoms with Crippen LogP contribution in [0.2, 0.25) is 0 Å². The van der Waals surface area contributed by atoms with E-state index in [1.807, 2.05) is 60.7 Å². The smallest absolute Gasteiger partial charge is 0.223 e. The van der Waals surface area contributed by atoms with Gasteiger partial charge in [0.25, 0.3) is 0 Å². The normalized spacial score (nSPS) is 24.6. The number of hydrogen-bond donors (Lipinski definition) is 4. The van der Waals surface area contributed by atoms with E-state index in [1.54, 1.807) is 0 Å². The topological polar surface area (TPSA) is 108 Å². The molecule has 0 radical (unpaired) electrons. The number of nitrogens with one attached hydrogen (secondary N) is 1. The molecule has 0 aromatic heterocycles. The van der Waals surface area contributed by atoms with E-state index in [0.717, 1.165) is 5.30 Å². The van der Waals surface area contributed by atoms with Gasteiger partial charge in [0.1, 0.15) is 30.1 Å². The molecule has 1 aliphatic heterocycles. The third-order valence-corrected chi connectivity index (χ3v) is 8.07. The maximum absolute atomic E-state index is 11.6. The number of benzene rings is 3. The van der Waals surface area contributed by atoms with Crippen molar-refractivity contribution in [3.63, 3.8) is 0 Å². The van der Waals surface area contributed by atoms with E-state index in [2.05, 4.69) is 29.6 Å². The predicted molar refractivity (Wildman–Crippen MR) is 131 cm³/mol. The second kappa shape index (κ2) is 11.1. The minimum Gasteiger partial charge on any atom is -0.463 e. The molecule has 0 aliphatic carbocycles. The minimum absolute atomic E-state index is 0.400. The molecule has 1 saturated heterocycles. The van der Waals surface area contributed by atoms with Gasteiger partial charge in [-0.2, -0.15) is 0 Å². The fourth-order valence-electron chi connectivity index (χ4n) is 3.98. The third kappa shape index (κ3) is 5.46. The van der Waals surface area contributed by atoms with Crippen LogP contribution < -0.4 is 26.0 Å². The summed E-state index contributed by atoms with van der Waals surface area (Å²) >= 11 is 0. The van der Waals surface area contributed by atoms with Crippen LogP contribution in [0.25, 0.3) is 0 Å². The van der Waals surface area contributed by atoms with Crippen molar-refractivity contribution >= 4 is 29.7 Å². The van der Waals surface area contributed by atoms with Gasteiger partial charge in [0.2, 0.25) is 12.2 Å². The van der Waals surface area contributed by atoms with Crippen molar-refractivity contribution in [3.05, 3.63) is 84.9 Å². The first-order valence-electron chi connectivity index (χ1n) is 11.0. The molecule has 34 heavy (non-hydrogen) atoms. The van der Waals surface area contributed by atoms with Crippen LogP contribution in [0, 0.1) is 0 Å². The molecular formula is C26H28NO6P. The lowest BCUT2D eigenvalue weighted by Crippen LogP contribution is -2.65. The fourth-order valence-corrected chi connectivity index (χ4v) is 6.26. The average Bonchev–Trinajstić information content (AvgIpc) is 2.86. The Balaban J connectivity index is 1.59. The van der Waals surface area contributed by atoms with Crippen LogP contribution in [-0.2, 0) is 9.53 Å². The number of amides is 1. The number of carbonyl (C=O) groups is 1. The van der Waals surface area contributed by atoms with Crippen molar-refractivity contribution in [2.45, 2.75) is 37.6 Å². The van der Waals surface area contributed by atoms with Crippen molar-refractivity contribution in [2.75, 3.05) is 6.61 Å². The second-order valence-corrected chi connectivity index (χ2v) is 10.3. The van der Waals surface area contributed by atoms with Gasteiger partial charge in [-0.3, -0.25) is 4.79 Å². The summed E-state index contributed by atoms with van der Waals surface area (Å²) in [5.74, 6) is 0.0723. The molecule has 178 valence electrons. The van der Waals surface area contributed by atoms with Gasteiger partial charge in [0.05, 0.1) is 6.61 Å². The number of aliphatic hydroxyl groups is 3. The van der Waals surface area contributed by atoms with Crippen LogP contribution in [0.15, 0.2) is 84.9 Å². The molecule has 3 aromatic rings. The molecule has 0 saturated carbocycles. The molecule has 1 amide bonds. The summed E-state index contributed by atoms with van der Waals surface area (Å²) in [6, 6.07) is 27.2. The lowest BCUT2D eigenvalue weighted by Gasteiger charge is -2.42. The van der Waals surface area contributed by atoms with Gasteiger partial charge in [-0.1, -0.05) is 72.8 Å². The Morgan fingerprint density at radius 3 is 1.91 bits per heavy atom. The van der Waals surface area contributed by atoms with E-state index in [-0.39, 0.29) is 0 Å². The summed E-state index contributed by atoms with van der Waals surface area (Å²) in [5.41, 5.74) is 0. The van der Waals surface area contributed by atoms with E-state index in [0.29, 0.717) is 5.75 Å². The van der Waals surface area contributed by atoms with Crippen LogP contribution >= 0.6 is 7.92 Å². The maximum atomic E-state index is 11.6. The average molecular weight is 481 g/mol. The first-order chi connectivity index (χ1) is 16.5. The number of aliphatic hydroxyl groups excluding tert-OH is 3. The van der Waals surface area contributed by atoms with Gasteiger partial charge in [0, 0.05) is 6.92 Å². The van der Waals surface area contributed by atoms with Crippen LogP contribution in [0.3, 0.4) is 0 Å².